The van der Waals surface area contributed by atoms with E-state index in [1.807, 2.05) is 0 Å². The van der Waals surface area contributed by atoms with Crippen LogP contribution >= 0.6 is 0 Å². The molecular weight excluding hydrogens is 442 g/mol. The van der Waals surface area contributed by atoms with Crippen LogP contribution in [0.4, 0.5) is 0 Å². The summed E-state index contributed by atoms with van der Waals surface area (Å²) in [5.74, 6) is 1.89. The van der Waals surface area contributed by atoms with Gasteiger partial charge in [0.1, 0.15) is 11.4 Å². The molecule has 0 radical (unpaired) electrons. The van der Waals surface area contributed by atoms with E-state index >= 15 is 0 Å². The molecule has 3 aromatic heterocycles. The van der Waals surface area contributed by atoms with E-state index in [1.165, 1.54) is 49.6 Å². The number of imidazole rings is 2. The molecule has 0 amide bonds. The second-order valence-electron chi connectivity index (χ2n) is 9.68. The fourth-order valence-electron chi connectivity index (χ4n) is 5.07. The Bertz CT molecular complexity index is 1320. The summed E-state index contributed by atoms with van der Waals surface area (Å²) in [7, 11) is 0. The Morgan fingerprint density at radius 2 is 0.972 bits per heavy atom. The lowest BCUT2D eigenvalue weighted by Crippen LogP contribution is -2.04. The van der Waals surface area contributed by atoms with Gasteiger partial charge >= 0.3 is 0 Å². The largest absolute Gasteiger partial charge is 0.323 e. The highest BCUT2D eigenvalue weighted by atomic mass is 15.1. The third-order valence-corrected chi connectivity index (χ3v) is 6.99. The highest BCUT2D eigenvalue weighted by molar-refractivity contribution is 5.82. The zero-order chi connectivity index (χ0) is 24.7. The first-order valence-electron chi connectivity index (χ1n) is 13.7. The van der Waals surface area contributed by atoms with Crippen molar-refractivity contribution < 1.29 is 0 Å². The first-order chi connectivity index (χ1) is 17.8. The first kappa shape index (κ1) is 24.2. The van der Waals surface area contributed by atoms with E-state index in [0.29, 0.717) is 0 Å². The molecule has 0 saturated carbocycles. The quantitative estimate of drug-likeness (QED) is 0.169. The van der Waals surface area contributed by atoms with Gasteiger partial charge in [-0.25, -0.2) is 15.0 Å². The third-order valence-electron chi connectivity index (χ3n) is 6.99. The topological polar surface area (TPSA) is 48.5 Å². The molecule has 0 aliphatic rings. The van der Waals surface area contributed by atoms with Gasteiger partial charge in [0.25, 0.3) is 0 Å². The van der Waals surface area contributed by atoms with Gasteiger partial charge in [0.2, 0.25) is 0 Å². The Hall–Kier alpha value is -3.47. The summed E-state index contributed by atoms with van der Waals surface area (Å²) in [6, 6.07) is 23.1. The van der Waals surface area contributed by atoms with Crippen LogP contribution in [0.2, 0.25) is 0 Å². The lowest BCUT2D eigenvalue weighted by atomic mass is 10.2. The molecular formula is C31H37N5. The van der Waals surface area contributed by atoms with Crippen molar-refractivity contribution in [3.63, 3.8) is 0 Å². The molecule has 0 aliphatic heterocycles. The normalized spacial score (nSPS) is 11.6. The Balaban J connectivity index is 1.54. The summed E-state index contributed by atoms with van der Waals surface area (Å²) in [6.45, 7) is 6.42. The summed E-state index contributed by atoms with van der Waals surface area (Å²) >= 11 is 0. The molecule has 5 heteroatoms. The molecule has 0 fully saturated rings. The predicted octanol–water partition coefficient (Wildman–Crippen LogP) is 8.28. The van der Waals surface area contributed by atoms with Gasteiger partial charge in [-0.2, -0.15) is 0 Å². The lowest BCUT2D eigenvalue weighted by molar-refractivity contribution is 0.593. The van der Waals surface area contributed by atoms with Crippen molar-refractivity contribution in [1.82, 2.24) is 24.1 Å². The molecule has 0 bridgehead atoms. The van der Waals surface area contributed by atoms with Crippen LogP contribution in [-0.2, 0) is 13.1 Å². The van der Waals surface area contributed by atoms with E-state index in [1.54, 1.807) is 0 Å². The molecule has 5 aromatic rings. The molecule has 0 saturated heterocycles. The number of pyridine rings is 1. The van der Waals surface area contributed by atoms with Crippen molar-refractivity contribution in [3.05, 3.63) is 66.7 Å². The molecule has 5 nitrogen and oxygen atoms in total. The summed E-state index contributed by atoms with van der Waals surface area (Å²) in [5, 5.41) is 0. The van der Waals surface area contributed by atoms with Crippen LogP contribution in [0, 0.1) is 0 Å². The molecule has 2 aromatic carbocycles. The average molecular weight is 480 g/mol. The van der Waals surface area contributed by atoms with E-state index in [2.05, 4.69) is 89.7 Å². The third kappa shape index (κ3) is 5.06. The number of fused-ring (bicyclic) bond motifs is 2. The summed E-state index contributed by atoms with van der Waals surface area (Å²) < 4.78 is 4.70. The fraction of sp³-hybridized carbons (Fsp3) is 0.387. The van der Waals surface area contributed by atoms with Crippen LogP contribution in [0.5, 0.6) is 0 Å². The minimum atomic E-state index is 0.906. The van der Waals surface area contributed by atoms with Crippen molar-refractivity contribution in [2.75, 3.05) is 0 Å². The van der Waals surface area contributed by atoms with Gasteiger partial charge in [-0.1, -0.05) is 82.7 Å². The molecule has 0 N–H and O–H groups in total. The van der Waals surface area contributed by atoms with Crippen molar-refractivity contribution in [2.24, 2.45) is 0 Å². The zero-order valence-corrected chi connectivity index (χ0v) is 21.7. The Morgan fingerprint density at radius 1 is 0.500 bits per heavy atom. The molecule has 3 heterocycles. The number of hydrogen-bond acceptors (Lipinski definition) is 3. The standard InChI is InChI=1S/C31H37N5/c1-3-5-7-13-22-35-28-20-11-9-16-24(28)33-30(35)26-18-15-19-27(32-26)31-34-25-17-10-12-21-29(25)36(31)23-14-8-6-4-2/h9-12,15-21H,3-8,13-14,22-23H2,1-2H3. The summed E-state index contributed by atoms with van der Waals surface area (Å²) in [4.78, 5) is 15.2. The second kappa shape index (κ2) is 11.5. The van der Waals surface area contributed by atoms with Gasteiger partial charge in [0.15, 0.2) is 11.6 Å². The van der Waals surface area contributed by atoms with Crippen molar-refractivity contribution in [1.29, 1.82) is 0 Å². The highest BCUT2D eigenvalue weighted by Crippen LogP contribution is 2.29. The van der Waals surface area contributed by atoms with Crippen molar-refractivity contribution in [2.45, 2.75) is 78.3 Å². The zero-order valence-electron chi connectivity index (χ0n) is 21.7. The molecule has 0 aliphatic carbocycles. The maximum Gasteiger partial charge on any atom is 0.159 e. The number of aromatic nitrogens is 5. The smallest absolute Gasteiger partial charge is 0.159 e. The van der Waals surface area contributed by atoms with Gasteiger partial charge in [-0.3, -0.25) is 0 Å². The number of benzene rings is 2. The second-order valence-corrected chi connectivity index (χ2v) is 9.68. The molecule has 5 rings (SSSR count). The molecule has 186 valence electrons. The minimum absolute atomic E-state index is 0.906. The summed E-state index contributed by atoms with van der Waals surface area (Å²) in [6.07, 6.45) is 9.77. The van der Waals surface area contributed by atoms with E-state index in [0.717, 1.165) is 60.0 Å². The number of nitrogens with zero attached hydrogens (tertiary/aromatic N) is 5. The Labute approximate surface area is 214 Å². The fourth-order valence-corrected chi connectivity index (χ4v) is 5.07. The predicted molar refractivity (Wildman–Crippen MR) is 150 cm³/mol. The number of hydrogen-bond donors (Lipinski definition) is 0. The van der Waals surface area contributed by atoms with Crippen molar-refractivity contribution in [3.8, 4) is 23.0 Å². The van der Waals surface area contributed by atoms with Gasteiger partial charge in [-0.15, -0.1) is 0 Å². The Morgan fingerprint density at radius 3 is 1.44 bits per heavy atom. The maximum absolute atomic E-state index is 5.15. The lowest BCUT2D eigenvalue weighted by Gasteiger charge is -2.11. The number of para-hydroxylation sites is 4. The van der Waals surface area contributed by atoms with Gasteiger partial charge in [-0.05, 0) is 49.2 Å². The highest BCUT2D eigenvalue weighted by Gasteiger charge is 2.17. The minimum Gasteiger partial charge on any atom is -0.323 e. The van der Waals surface area contributed by atoms with Gasteiger partial charge < -0.3 is 9.13 Å². The van der Waals surface area contributed by atoms with E-state index in [4.69, 9.17) is 15.0 Å². The van der Waals surface area contributed by atoms with E-state index < -0.39 is 0 Å². The van der Waals surface area contributed by atoms with Crippen molar-refractivity contribution >= 4 is 22.1 Å². The average Bonchev–Trinajstić information content (AvgIpc) is 3.48. The van der Waals surface area contributed by atoms with Gasteiger partial charge in [0, 0.05) is 13.1 Å². The van der Waals surface area contributed by atoms with Crippen LogP contribution in [0.15, 0.2) is 66.7 Å². The number of rotatable bonds is 12. The SMILES string of the molecule is CCCCCCn1c(-c2cccc(-c3nc4ccccc4n3CCCCCC)n2)nc2ccccc21. The molecule has 36 heavy (non-hydrogen) atoms. The van der Waals surface area contributed by atoms with E-state index in [-0.39, 0.29) is 0 Å². The van der Waals surface area contributed by atoms with Crippen LogP contribution in [0.3, 0.4) is 0 Å². The number of unbranched alkanes of at least 4 members (excludes halogenated alkanes) is 6. The molecule has 0 spiro atoms. The molecule has 0 unspecified atom stereocenters. The van der Waals surface area contributed by atoms with Crippen LogP contribution in [0.1, 0.15) is 65.2 Å². The van der Waals surface area contributed by atoms with Crippen LogP contribution < -0.4 is 0 Å². The van der Waals surface area contributed by atoms with E-state index in [9.17, 15) is 0 Å². The van der Waals surface area contributed by atoms with Crippen LogP contribution in [-0.4, -0.2) is 24.1 Å². The Kier molecular flexibility index (Phi) is 7.75. The molecule has 0 atom stereocenters. The summed E-state index contributed by atoms with van der Waals surface area (Å²) in [5.41, 5.74) is 6.23. The van der Waals surface area contributed by atoms with Gasteiger partial charge in [0.05, 0.1) is 22.1 Å². The van der Waals surface area contributed by atoms with Crippen LogP contribution in [0.25, 0.3) is 45.1 Å². The first-order valence-corrected chi connectivity index (χ1v) is 13.7. The monoisotopic (exact) mass is 479 g/mol. The number of aryl methyl sites for hydroxylation is 2. The maximum atomic E-state index is 5.15.